The molecular weight excluding hydrogens is 318 g/mol. The van der Waals surface area contributed by atoms with Crippen molar-refractivity contribution in [2.45, 2.75) is 33.7 Å². The summed E-state index contributed by atoms with van der Waals surface area (Å²) in [5, 5.41) is 0. The van der Waals surface area contributed by atoms with Gasteiger partial charge in [-0.2, -0.15) is 0 Å². The largest absolute Gasteiger partial charge is 0.346 e. The Labute approximate surface area is 143 Å². The van der Waals surface area contributed by atoms with Gasteiger partial charge in [0.05, 0.1) is 15.6 Å². The maximum absolute atomic E-state index is 12.8. The highest BCUT2D eigenvalue weighted by Gasteiger charge is 2.13. The van der Waals surface area contributed by atoms with E-state index in [-0.39, 0.29) is 5.56 Å². The van der Waals surface area contributed by atoms with E-state index in [4.69, 9.17) is 0 Å². The molecule has 4 nitrogen and oxygen atoms in total. The maximum Gasteiger partial charge on any atom is 0.274 e. The van der Waals surface area contributed by atoms with E-state index in [1.54, 1.807) is 4.40 Å². The van der Waals surface area contributed by atoms with E-state index in [1.807, 2.05) is 30.3 Å². The van der Waals surface area contributed by atoms with Gasteiger partial charge in [-0.25, -0.2) is 9.38 Å². The van der Waals surface area contributed by atoms with E-state index >= 15 is 0 Å². The molecule has 0 N–H and O–H groups in total. The van der Waals surface area contributed by atoms with Crippen LogP contribution in [0.15, 0.2) is 35.1 Å². The van der Waals surface area contributed by atoms with E-state index in [0.717, 1.165) is 26.1 Å². The van der Waals surface area contributed by atoms with Gasteiger partial charge in [-0.05, 0) is 57.5 Å². The van der Waals surface area contributed by atoms with Crippen molar-refractivity contribution in [1.29, 1.82) is 0 Å². The first kappa shape index (κ1) is 15.1. The Morgan fingerprint density at radius 2 is 1.96 bits per heavy atom. The van der Waals surface area contributed by atoms with Crippen molar-refractivity contribution < 1.29 is 0 Å². The molecule has 3 aromatic heterocycles. The summed E-state index contributed by atoms with van der Waals surface area (Å²) >= 11 is 1.45. The van der Waals surface area contributed by atoms with Gasteiger partial charge in [0.15, 0.2) is 4.96 Å². The van der Waals surface area contributed by atoms with E-state index in [0.29, 0.717) is 6.04 Å². The lowest BCUT2D eigenvalue weighted by molar-refractivity contribution is 0.574. The fraction of sp³-hybridized carbons (Fsp3) is 0.263. The van der Waals surface area contributed by atoms with Crippen molar-refractivity contribution in [3.05, 3.63) is 62.2 Å². The van der Waals surface area contributed by atoms with Crippen molar-refractivity contribution in [3.8, 4) is 0 Å². The van der Waals surface area contributed by atoms with Crippen LogP contribution in [-0.2, 0) is 0 Å². The first-order valence-corrected chi connectivity index (χ1v) is 8.89. The third-order valence-corrected chi connectivity index (χ3v) is 5.44. The average molecular weight is 337 g/mol. The summed E-state index contributed by atoms with van der Waals surface area (Å²) in [6, 6.07) is 10.3. The Morgan fingerprint density at radius 1 is 1.21 bits per heavy atom. The quantitative estimate of drug-likeness (QED) is 0.562. The minimum Gasteiger partial charge on any atom is -0.346 e. The van der Waals surface area contributed by atoms with Gasteiger partial charge in [0.1, 0.15) is 0 Å². The molecule has 24 heavy (non-hydrogen) atoms. The molecule has 0 spiro atoms. The SMILES string of the molecule is Cc1cc(C=c2sc3nc4ccccc4n3c2=O)c(C)n1C(C)C. The highest BCUT2D eigenvalue weighted by atomic mass is 32.1. The predicted molar refractivity (Wildman–Crippen MR) is 99.9 cm³/mol. The molecule has 122 valence electrons. The molecule has 0 aliphatic heterocycles. The standard InChI is InChI=1S/C19H19N3OS/c1-11(2)21-12(3)9-14(13(21)4)10-17-18(23)22-16-8-6-5-7-15(16)20-19(22)24-17/h5-11H,1-4H3. The number of para-hydroxylation sites is 2. The number of benzene rings is 1. The molecule has 1 aromatic carbocycles. The average Bonchev–Trinajstić information content (AvgIpc) is 3.12. The second-order valence-corrected chi connectivity index (χ2v) is 7.43. The highest BCUT2D eigenvalue weighted by Crippen LogP contribution is 2.21. The summed E-state index contributed by atoms with van der Waals surface area (Å²) < 4.78 is 4.74. The Balaban J connectivity index is 1.97. The lowest BCUT2D eigenvalue weighted by Crippen LogP contribution is -2.22. The summed E-state index contributed by atoms with van der Waals surface area (Å²) in [4.78, 5) is 18.2. The predicted octanol–water partition coefficient (Wildman–Crippen LogP) is 3.46. The van der Waals surface area contributed by atoms with Crippen LogP contribution in [-0.4, -0.2) is 14.0 Å². The molecule has 0 saturated heterocycles. The smallest absolute Gasteiger partial charge is 0.274 e. The molecule has 3 heterocycles. The molecule has 0 aliphatic carbocycles. The van der Waals surface area contributed by atoms with Crippen LogP contribution in [0.4, 0.5) is 0 Å². The number of aryl methyl sites for hydroxylation is 1. The molecule has 0 saturated carbocycles. The number of fused-ring (bicyclic) bond motifs is 3. The third-order valence-electron chi connectivity index (χ3n) is 4.47. The van der Waals surface area contributed by atoms with Crippen LogP contribution < -0.4 is 10.1 Å². The monoisotopic (exact) mass is 337 g/mol. The minimum atomic E-state index is 0.0121. The molecule has 5 heteroatoms. The van der Waals surface area contributed by atoms with Gasteiger partial charge >= 0.3 is 0 Å². The molecule has 0 aliphatic rings. The Hall–Kier alpha value is -2.40. The van der Waals surface area contributed by atoms with E-state index in [1.165, 1.54) is 22.7 Å². The van der Waals surface area contributed by atoms with Gasteiger partial charge in [-0.3, -0.25) is 4.79 Å². The van der Waals surface area contributed by atoms with Crippen LogP contribution in [0, 0.1) is 13.8 Å². The first-order valence-electron chi connectivity index (χ1n) is 8.07. The van der Waals surface area contributed by atoms with Gasteiger partial charge < -0.3 is 4.57 Å². The lowest BCUT2D eigenvalue weighted by Gasteiger charge is -2.13. The van der Waals surface area contributed by atoms with Gasteiger partial charge in [0, 0.05) is 17.4 Å². The van der Waals surface area contributed by atoms with Gasteiger partial charge in [-0.15, -0.1) is 0 Å². The Kier molecular flexibility index (Phi) is 3.35. The molecule has 0 atom stereocenters. The van der Waals surface area contributed by atoms with Crippen LogP contribution in [0.2, 0.25) is 0 Å². The zero-order valence-electron chi connectivity index (χ0n) is 14.2. The molecule has 0 amide bonds. The van der Waals surface area contributed by atoms with E-state index in [2.05, 4.69) is 43.3 Å². The van der Waals surface area contributed by atoms with Crippen molar-refractivity contribution in [3.63, 3.8) is 0 Å². The molecule has 4 aromatic rings. The second kappa shape index (κ2) is 5.31. The summed E-state index contributed by atoms with van der Waals surface area (Å²) in [7, 11) is 0. The van der Waals surface area contributed by atoms with Gasteiger partial charge in [-0.1, -0.05) is 23.5 Å². The normalized spacial score (nSPS) is 13.0. The van der Waals surface area contributed by atoms with Crippen molar-refractivity contribution in [2.75, 3.05) is 0 Å². The van der Waals surface area contributed by atoms with Crippen LogP contribution in [0.5, 0.6) is 0 Å². The zero-order chi connectivity index (χ0) is 17.0. The number of aromatic nitrogens is 3. The fourth-order valence-electron chi connectivity index (χ4n) is 3.50. The van der Waals surface area contributed by atoms with Crippen molar-refractivity contribution in [2.24, 2.45) is 0 Å². The number of nitrogens with zero attached hydrogens (tertiary/aromatic N) is 3. The van der Waals surface area contributed by atoms with Crippen LogP contribution in [0.3, 0.4) is 0 Å². The van der Waals surface area contributed by atoms with Crippen LogP contribution in [0.25, 0.3) is 22.1 Å². The first-order chi connectivity index (χ1) is 11.5. The van der Waals surface area contributed by atoms with Crippen molar-refractivity contribution >= 4 is 33.4 Å². The van der Waals surface area contributed by atoms with Crippen LogP contribution >= 0.6 is 11.3 Å². The number of thiazole rings is 1. The lowest BCUT2D eigenvalue weighted by atomic mass is 10.2. The van der Waals surface area contributed by atoms with E-state index < -0.39 is 0 Å². The number of imidazole rings is 1. The molecule has 0 radical (unpaired) electrons. The minimum absolute atomic E-state index is 0.0121. The topological polar surface area (TPSA) is 39.3 Å². The maximum atomic E-state index is 12.8. The summed E-state index contributed by atoms with van der Waals surface area (Å²) in [6.07, 6.45) is 2.00. The molecule has 0 unspecified atom stereocenters. The fourth-order valence-corrected chi connectivity index (χ4v) is 4.47. The number of hydrogen-bond acceptors (Lipinski definition) is 3. The van der Waals surface area contributed by atoms with E-state index in [9.17, 15) is 4.79 Å². The van der Waals surface area contributed by atoms with Crippen molar-refractivity contribution in [1.82, 2.24) is 14.0 Å². The van der Waals surface area contributed by atoms with Crippen LogP contribution in [0.1, 0.15) is 36.8 Å². The number of rotatable bonds is 2. The molecule has 0 bridgehead atoms. The highest BCUT2D eigenvalue weighted by molar-refractivity contribution is 7.15. The zero-order valence-corrected chi connectivity index (χ0v) is 15.0. The van der Waals surface area contributed by atoms with Gasteiger partial charge in [0.25, 0.3) is 5.56 Å². The summed E-state index contributed by atoms with van der Waals surface area (Å²) in [6.45, 7) is 8.57. The molecular formula is C19H19N3OS. The Bertz CT molecular complexity index is 1180. The second-order valence-electron chi connectivity index (χ2n) is 6.42. The third kappa shape index (κ3) is 2.12. The number of hydrogen-bond donors (Lipinski definition) is 0. The summed E-state index contributed by atoms with van der Waals surface area (Å²) in [5.74, 6) is 0. The Morgan fingerprint density at radius 3 is 2.67 bits per heavy atom. The molecule has 0 fully saturated rings. The molecule has 4 rings (SSSR count). The summed E-state index contributed by atoms with van der Waals surface area (Å²) in [5.41, 5.74) is 5.27. The van der Waals surface area contributed by atoms with Gasteiger partial charge in [0.2, 0.25) is 0 Å².